The van der Waals surface area contributed by atoms with E-state index < -0.39 is 0 Å². The molecule has 1 N–H and O–H groups in total. The van der Waals surface area contributed by atoms with Crippen molar-refractivity contribution in [3.63, 3.8) is 0 Å². The number of nitrogens with zero attached hydrogens (tertiary/aromatic N) is 4. The molecular weight excluding hydrogens is 278 g/mol. The number of rotatable bonds is 5. The second-order valence-corrected chi connectivity index (χ2v) is 7.26. The van der Waals surface area contributed by atoms with Crippen molar-refractivity contribution in [3.05, 3.63) is 5.82 Å². The Kier molecular flexibility index (Phi) is 4.74. The van der Waals surface area contributed by atoms with Crippen LogP contribution in [0.25, 0.3) is 0 Å². The van der Waals surface area contributed by atoms with Crippen molar-refractivity contribution < 1.29 is 4.79 Å². The van der Waals surface area contributed by atoms with Crippen molar-refractivity contribution in [2.24, 2.45) is 5.92 Å². The molecule has 1 aromatic heterocycles. The minimum Gasteiger partial charge on any atom is -0.342 e. The molecule has 1 unspecified atom stereocenters. The van der Waals surface area contributed by atoms with Crippen LogP contribution >= 0.6 is 0 Å². The lowest BCUT2D eigenvalue weighted by Gasteiger charge is -2.23. The molecule has 2 fully saturated rings. The highest BCUT2D eigenvalue weighted by molar-refractivity contribution is 5.76. The Balaban J connectivity index is 1.43. The second-order valence-electron chi connectivity index (χ2n) is 7.26. The van der Waals surface area contributed by atoms with Gasteiger partial charge in [0.15, 0.2) is 5.82 Å². The average Bonchev–Trinajstić information content (AvgIpc) is 3.18. The molecule has 1 aliphatic carbocycles. The first kappa shape index (κ1) is 15.4. The monoisotopic (exact) mass is 305 g/mol. The molecule has 122 valence electrons. The normalized spacial score (nSPS) is 26.5. The number of aromatic amines is 1. The van der Waals surface area contributed by atoms with Crippen LogP contribution in [0.3, 0.4) is 0 Å². The lowest BCUT2D eigenvalue weighted by atomic mass is 9.86. The number of carbonyl (C=O) groups is 1. The molecule has 1 amide bonds. The standard InChI is InChI=1S/C16H27N5O/c1-16(15-17-19-20-18-15)10-11-21(12-16)14(22)9-5-8-13-6-3-2-4-7-13/h13H,2-12H2,1H3,(H,17,18,19,20). The minimum atomic E-state index is -0.147. The van der Waals surface area contributed by atoms with Gasteiger partial charge in [-0.15, -0.1) is 10.2 Å². The molecule has 0 aromatic carbocycles. The van der Waals surface area contributed by atoms with Gasteiger partial charge in [-0.2, -0.15) is 5.21 Å². The third kappa shape index (κ3) is 3.47. The molecule has 1 saturated carbocycles. The molecule has 1 saturated heterocycles. The molecule has 0 bridgehead atoms. The summed E-state index contributed by atoms with van der Waals surface area (Å²) < 4.78 is 0. The summed E-state index contributed by atoms with van der Waals surface area (Å²) >= 11 is 0. The predicted octanol–water partition coefficient (Wildman–Crippen LogP) is 2.44. The van der Waals surface area contributed by atoms with Gasteiger partial charge in [0.05, 0.1) is 5.41 Å². The number of H-pyrrole nitrogens is 1. The molecular formula is C16H27N5O. The third-order valence-corrected chi connectivity index (χ3v) is 5.44. The van der Waals surface area contributed by atoms with Crippen LogP contribution in [-0.2, 0) is 10.2 Å². The van der Waals surface area contributed by atoms with Crippen LogP contribution in [0.2, 0.25) is 0 Å². The zero-order valence-electron chi connectivity index (χ0n) is 13.6. The van der Waals surface area contributed by atoms with Crippen LogP contribution in [-0.4, -0.2) is 44.5 Å². The second kappa shape index (κ2) is 6.75. The number of aromatic nitrogens is 4. The van der Waals surface area contributed by atoms with Crippen molar-refractivity contribution in [1.29, 1.82) is 0 Å². The summed E-state index contributed by atoms with van der Waals surface area (Å²) in [5, 5.41) is 14.4. The SMILES string of the molecule is CC1(c2nn[nH]n2)CCN(C(=O)CCCC2CCCCC2)C1. The van der Waals surface area contributed by atoms with Gasteiger partial charge in [0, 0.05) is 19.5 Å². The van der Waals surface area contributed by atoms with Gasteiger partial charge in [-0.1, -0.05) is 44.2 Å². The first-order chi connectivity index (χ1) is 10.7. The van der Waals surface area contributed by atoms with E-state index in [0.29, 0.717) is 12.3 Å². The molecule has 3 rings (SSSR count). The van der Waals surface area contributed by atoms with E-state index in [2.05, 4.69) is 27.5 Å². The molecule has 0 spiro atoms. The fourth-order valence-corrected chi connectivity index (χ4v) is 3.95. The minimum absolute atomic E-state index is 0.147. The molecule has 0 radical (unpaired) electrons. The lowest BCUT2D eigenvalue weighted by Crippen LogP contribution is -2.33. The molecule has 2 heterocycles. The van der Waals surface area contributed by atoms with E-state index in [0.717, 1.165) is 37.7 Å². The Morgan fingerprint density at radius 1 is 1.36 bits per heavy atom. The fraction of sp³-hybridized carbons (Fsp3) is 0.875. The highest BCUT2D eigenvalue weighted by atomic mass is 16.2. The van der Waals surface area contributed by atoms with E-state index in [1.54, 1.807) is 0 Å². The third-order valence-electron chi connectivity index (χ3n) is 5.44. The zero-order chi connectivity index (χ0) is 15.4. The van der Waals surface area contributed by atoms with Crippen LogP contribution in [0.4, 0.5) is 0 Å². The van der Waals surface area contributed by atoms with Gasteiger partial charge < -0.3 is 4.90 Å². The summed E-state index contributed by atoms with van der Waals surface area (Å²) in [6.07, 6.45) is 10.8. The summed E-state index contributed by atoms with van der Waals surface area (Å²) in [6, 6.07) is 0. The summed E-state index contributed by atoms with van der Waals surface area (Å²) in [7, 11) is 0. The largest absolute Gasteiger partial charge is 0.342 e. The number of nitrogens with one attached hydrogen (secondary N) is 1. The molecule has 22 heavy (non-hydrogen) atoms. The average molecular weight is 305 g/mol. The summed E-state index contributed by atoms with van der Waals surface area (Å²) in [4.78, 5) is 14.4. The Morgan fingerprint density at radius 2 is 2.18 bits per heavy atom. The Bertz CT molecular complexity index is 483. The van der Waals surface area contributed by atoms with Gasteiger partial charge in [-0.25, -0.2) is 0 Å². The first-order valence-corrected chi connectivity index (χ1v) is 8.69. The van der Waals surface area contributed by atoms with Crippen molar-refractivity contribution in [3.8, 4) is 0 Å². The molecule has 1 aromatic rings. The molecule has 6 heteroatoms. The molecule has 2 aliphatic rings. The molecule has 6 nitrogen and oxygen atoms in total. The van der Waals surface area contributed by atoms with E-state index in [1.807, 2.05) is 4.90 Å². The number of amides is 1. The van der Waals surface area contributed by atoms with Crippen LogP contribution in [0.5, 0.6) is 0 Å². The van der Waals surface area contributed by atoms with E-state index in [1.165, 1.54) is 38.5 Å². The van der Waals surface area contributed by atoms with E-state index in [9.17, 15) is 4.79 Å². The summed E-state index contributed by atoms with van der Waals surface area (Å²) in [5.74, 6) is 1.89. The summed E-state index contributed by atoms with van der Waals surface area (Å²) in [6.45, 7) is 3.65. The maximum absolute atomic E-state index is 12.4. The number of carbonyl (C=O) groups excluding carboxylic acids is 1. The maximum Gasteiger partial charge on any atom is 0.222 e. The van der Waals surface area contributed by atoms with Crippen LogP contribution in [0.1, 0.15) is 70.5 Å². The predicted molar refractivity (Wildman–Crippen MR) is 83.2 cm³/mol. The Morgan fingerprint density at radius 3 is 2.91 bits per heavy atom. The molecule has 1 aliphatic heterocycles. The van der Waals surface area contributed by atoms with E-state index >= 15 is 0 Å². The number of hydrogen-bond acceptors (Lipinski definition) is 4. The van der Waals surface area contributed by atoms with Gasteiger partial charge >= 0.3 is 0 Å². The van der Waals surface area contributed by atoms with Gasteiger partial charge in [0.2, 0.25) is 5.91 Å². The van der Waals surface area contributed by atoms with Gasteiger partial charge in [0.1, 0.15) is 0 Å². The maximum atomic E-state index is 12.4. The first-order valence-electron chi connectivity index (χ1n) is 8.69. The highest BCUT2D eigenvalue weighted by Gasteiger charge is 2.40. The van der Waals surface area contributed by atoms with Gasteiger partial charge in [0.25, 0.3) is 0 Å². The van der Waals surface area contributed by atoms with Crippen LogP contribution < -0.4 is 0 Å². The molecule has 1 atom stereocenters. The number of likely N-dealkylation sites (tertiary alicyclic amines) is 1. The lowest BCUT2D eigenvalue weighted by molar-refractivity contribution is -0.130. The number of hydrogen-bond donors (Lipinski definition) is 1. The Labute approximate surface area is 132 Å². The van der Waals surface area contributed by atoms with Crippen molar-refractivity contribution >= 4 is 5.91 Å². The topological polar surface area (TPSA) is 74.8 Å². The van der Waals surface area contributed by atoms with Crippen molar-refractivity contribution in [2.45, 2.75) is 70.1 Å². The summed E-state index contributed by atoms with van der Waals surface area (Å²) in [5.41, 5.74) is -0.147. The smallest absolute Gasteiger partial charge is 0.222 e. The zero-order valence-corrected chi connectivity index (χ0v) is 13.6. The van der Waals surface area contributed by atoms with Crippen molar-refractivity contribution in [2.75, 3.05) is 13.1 Å². The van der Waals surface area contributed by atoms with Gasteiger partial charge in [-0.05, 0) is 25.2 Å². The quantitative estimate of drug-likeness (QED) is 0.906. The number of tetrazole rings is 1. The highest BCUT2D eigenvalue weighted by Crippen LogP contribution is 2.32. The van der Waals surface area contributed by atoms with E-state index in [4.69, 9.17) is 0 Å². The van der Waals surface area contributed by atoms with Crippen LogP contribution in [0, 0.1) is 5.92 Å². The van der Waals surface area contributed by atoms with Gasteiger partial charge in [-0.3, -0.25) is 4.79 Å². The van der Waals surface area contributed by atoms with Crippen molar-refractivity contribution in [1.82, 2.24) is 25.5 Å². The fourth-order valence-electron chi connectivity index (χ4n) is 3.95. The van der Waals surface area contributed by atoms with Crippen LogP contribution in [0.15, 0.2) is 0 Å². The van der Waals surface area contributed by atoms with E-state index in [-0.39, 0.29) is 5.41 Å². The Hall–Kier alpha value is -1.46.